The van der Waals surface area contributed by atoms with Crippen LogP contribution in [0.3, 0.4) is 0 Å². The van der Waals surface area contributed by atoms with E-state index in [-0.39, 0.29) is 5.91 Å². The average molecular weight is 314 g/mol. The summed E-state index contributed by atoms with van der Waals surface area (Å²) in [6.45, 7) is 6.45. The first-order valence-electron chi connectivity index (χ1n) is 7.36. The third kappa shape index (κ3) is 3.21. The molecule has 1 aromatic heterocycles. The van der Waals surface area contributed by atoms with E-state index in [4.69, 9.17) is 13.9 Å². The number of ether oxygens (including phenoxy) is 2. The molecule has 1 aliphatic rings. The summed E-state index contributed by atoms with van der Waals surface area (Å²) in [5.74, 6) is 2.39. The van der Waals surface area contributed by atoms with Crippen molar-refractivity contribution >= 4 is 11.6 Å². The van der Waals surface area contributed by atoms with E-state index in [1.807, 2.05) is 25.1 Å². The molecule has 2 aromatic rings. The minimum absolute atomic E-state index is 0.295. The van der Waals surface area contributed by atoms with Gasteiger partial charge >= 0.3 is 0 Å². The van der Waals surface area contributed by atoms with Crippen LogP contribution in [0.2, 0.25) is 0 Å². The SMILES string of the molecule is C/C(=N/NC(=O)c1cc(C)oc1C)c1ccc2c(c1)OCCO2. The zero-order valence-electron chi connectivity index (χ0n) is 13.3. The molecule has 0 atom stereocenters. The lowest BCUT2D eigenvalue weighted by Crippen LogP contribution is -2.20. The van der Waals surface area contributed by atoms with E-state index in [0.29, 0.717) is 41.8 Å². The van der Waals surface area contributed by atoms with Gasteiger partial charge in [-0.25, -0.2) is 5.43 Å². The third-order valence-electron chi connectivity index (χ3n) is 3.57. The van der Waals surface area contributed by atoms with Gasteiger partial charge in [-0.3, -0.25) is 4.79 Å². The summed E-state index contributed by atoms with van der Waals surface area (Å²) < 4.78 is 16.4. The Bertz CT molecular complexity index is 777. The van der Waals surface area contributed by atoms with E-state index >= 15 is 0 Å². The van der Waals surface area contributed by atoms with Crippen molar-refractivity contribution in [2.75, 3.05) is 13.2 Å². The molecule has 0 radical (unpaired) electrons. The second-order valence-corrected chi connectivity index (χ2v) is 5.32. The number of amides is 1. The first-order chi connectivity index (χ1) is 11.0. The molecule has 0 fully saturated rings. The van der Waals surface area contributed by atoms with Gasteiger partial charge in [0.05, 0.1) is 11.3 Å². The molecule has 1 amide bonds. The van der Waals surface area contributed by atoms with E-state index in [1.54, 1.807) is 19.9 Å². The van der Waals surface area contributed by atoms with Crippen molar-refractivity contribution in [1.82, 2.24) is 5.43 Å². The lowest BCUT2D eigenvalue weighted by Gasteiger charge is -2.18. The van der Waals surface area contributed by atoms with Crippen LogP contribution >= 0.6 is 0 Å². The van der Waals surface area contributed by atoms with E-state index < -0.39 is 0 Å². The number of aryl methyl sites for hydroxylation is 2. The highest BCUT2D eigenvalue weighted by Crippen LogP contribution is 2.30. The van der Waals surface area contributed by atoms with Gasteiger partial charge in [-0.1, -0.05) is 0 Å². The van der Waals surface area contributed by atoms with Gasteiger partial charge in [0, 0.05) is 5.56 Å². The first kappa shape index (κ1) is 15.1. The number of hydrogen-bond donors (Lipinski definition) is 1. The summed E-state index contributed by atoms with van der Waals surface area (Å²) in [6, 6.07) is 7.27. The summed E-state index contributed by atoms with van der Waals surface area (Å²) in [5.41, 5.74) is 4.57. The zero-order valence-corrected chi connectivity index (χ0v) is 13.3. The Morgan fingerprint density at radius 3 is 2.57 bits per heavy atom. The summed E-state index contributed by atoms with van der Waals surface area (Å²) in [7, 11) is 0. The van der Waals surface area contributed by atoms with Crippen LogP contribution in [0.1, 0.15) is 34.4 Å². The molecule has 0 saturated carbocycles. The lowest BCUT2D eigenvalue weighted by molar-refractivity contribution is 0.0953. The molecular formula is C17H18N2O4. The second-order valence-electron chi connectivity index (χ2n) is 5.32. The van der Waals surface area contributed by atoms with Crippen LogP contribution in [0.25, 0.3) is 0 Å². The van der Waals surface area contributed by atoms with Crippen molar-refractivity contribution in [1.29, 1.82) is 0 Å². The van der Waals surface area contributed by atoms with Gasteiger partial charge in [-0.15, -0.1) is 0 Å². The zero-order chi connectivity index (χ0) is 16.4. The highest BCUT2D eigenvalue weighted by molar-refractivity contribution is 6.01. The Balaban J connectivity index is 1.75. The maximum Gasteiger partial charge on any atom is 0.274 e. The molecule has 6 nitrogen and oxygen atoms in total. The van der Waals surface area contributed by atoms with Gasteiger partial charge in [0.25, 0.3) is 5.91 Å². The molecule has 1 aliphatic heterocycles. The second kappa shape index (κ2) is 6.16. The molecule has 1 N–H and O–H groups in total. The maximum atomic E-state index is 12.1. The van der Waals surface area contributed by atoms with Crippen molar-refractivity contribution in [2.45, 2.75) is 20.8 Å². The van der Waals surface area contributed by atoms with Crippen LogP contribution in [0.15, 0.2) is 33.8 Å². The molecule has 6 heteroatoms. The number of furan rings is 1. The molecule has 1 aromatic carbocycles. The van der Waals surface area contributed by atoms with Crippen molar-refractivity contribution in [2.24, 2.45) is 5.10 Å². The van der Waals surface area contributed by atoms with Crippen molar-refractivity contribution in [3.63, 3.8) is 0 Å². The molecule has 2 heterocycles. The summed E-state index contributed by atoms with van der Waals surface area (Å²) in [4.78, 5) is 12.1. The lowest BCUT2D eigenvalue weighted by atomic mass is 10.1. The molecular weight excluding hydrogens is 296 g/mol. The standard InChI is InChI=1S/C17H18N2O4/c1-10-8-14(12(3)23-10)17(20)19-18-11(2)13-4-5-15-16(9-13)22-7-6-21-15/h4-5,8-9H,6-7H2,1-3H3,(H,19,20)/b18-11-. The van der Waals surface area contributed by atoms with Gasteiger partial charge in [-0.05, 0) is 45.0 Å². The Morgan fingerprint density at radius 2 is 1.87 bits per heavy atom. The van der Waals surface area contributed by atoms with Crippen LogP contribution in [-0.2, 0) is 0 Å². The van der Waals surface area contributed by atoms with E-state index in [1.165, 1.54) is 0 Å². The topological polar surface area (TPSA) is 73.1 Å². The predicted molar refractivity (Wildman–Crippen MR) is 85.3 cm³/mol. The molecule has 3 rings (SSSR count). The molecule has 0 aliphatic carbocycles. The number of rotatable bonds is 3. The van der Waals surface area contributed by atoms with Gasteiger partial charge in [-0.2, -0.15) is 5.10 Å². The van der Waals surface area contributed by atoms with Crippen molar-refractivity contribution in [3.8, 4) is 11.5 Å². The fourth-order valence-electron chi connectivity index (χ4n) is 2.38. The number of nitrogens with zero attached hydrogens (tertiary/aromatic N) is 1. The van der Waals surface area contributed by atoms with Crippen molar-refractivity contribution < 1.29 is 18.7 Å². The van der Waals surface area contributed by atoms with Crippen LogP contribution in [-0.4, -0.2) is 24.8 Å². The van der Waals surface area contributed by atoms with Crippen LogP contribution in [0, 0.1) is 13.8 Å². The molecule has 0 unspecified atom stereocenters. The van der Waals surface area contributed by atoms with E-state index in [0.717, 1.165) is 11.3 Å². The Morgan fingerprint density at radius 1 is 1.13 bits per heavy atom. The average Bonchev–Trinajstić information content (AvgIpc) is 2.90. The number of fused-ring (bicyclic) bond motifs is 1. The first-order valence-corrected chi connectivity index (χ1v) is 7.36. The van der Waals surface area contributed by atoms with E-state index in [2.05, 4.69) is 10.5 Å². The Labute approximate surface area is 134 Å². The summed E-state index contributed by atoms with van der Waals surface area (Å²) >= 11 is 0. The van der Waals surface area contributed by atoms with Gasteiger partial charge in [0.1, 0.15) is 24.7 Å². The van der Waals surface area contributed by atoms with Crippen LogP contribution < -0.4 is 14.9 Å². The van der Waals surface area contributed by atoms with E-state index in [9.17, 15) is 4.79 Å². The smallest absolute Gasteiger partial charge is 0.274 e. The number of hydrazone groups is 1. The largest absolute Gasteiger partial charge is 0.486 e. The molecule has 23 heavy (non-hydrogen) atoms. The van der Waals surface area contributed by atoms with Crippen molar-refractivity contribution in [3.05, 3.63) is 46.9 Å². The molecule has 0 bridgehead atoms. The predicted octanol–water partition coefficient (Wildman–Crippen LogP) is 2.82. The molecule has 120 valence electrons. The summed E-state index contributed by atoms with van der Waals surface area (Å²) in [6.07, 6.45) is 0. The minimum Gasteiger partial charge on any atom is -0.486 e. The monoisotopic (exact) mass is 314 g/mol. The molecule has 0 saturated heterocycles. The van der Waals surface area contributed by atoms with Gasteiger partial charge in [0.2, 0.25) is 0 Å². The molecule has 0 spiro atoms. The Kier molecular flexibility index (Phi) is 4.06. The number of benzene rings is 1. The fraction of sp³-hybridized carbons (Fsp3) is 0.294. The normalized spacial score (nSPS) is 13.8. The quantitative estimate of drug-likeness (QED) is 0.698. The summed E-state index contributed by atoms with van der Waals surface area (Å²) in [5, 5.41) is 4.15. The number of carbonyl (C=O) groups excluding carboxylic acids is 1. The minimum atomic E-state index is -0.295. The van der Waals surface area contributed by atoms with Crippen LogP contribution in [0.5, 0.6) is 11.5 Å². The van der Waals surface area contributed by atoms with Crippen LogP contribution in [0.4, 0.5) is 0 Å². The Hall–Kier alpha value is -2.76. The highest BCUT2D eigenvalue weighted by Gasteiger charge is 2.14. The number of nitrogens with one attached hydrogen (secondary N) is 1. The number of carbonyl (C=O) groups is 1. The maximum absolute atomic E-state index is 12.1. The fourth-order valence-corrected chi connectivity index (χ4v) is 2.38. The highest BCUT2D eigenvalue weighted by atomic mass is 16.6. The number of hydrogen-bond acceptors (Lipinski definition) is 5. The van der Waals surface area contributed by atoms with Gasteiger partial charge < -0.3 is 13.9 Å². The van der Waals surface area contributed by atoms with Gasteiger partial charge in [0.15, 0.2) is 11.5 Å². The third-order valence-corrected chi connectivity index (χ3v) is 3.57.